The van der Waals surface area contributed by atoms with E-state index in [1.165, 1.54) is 18.4 Å². The molecular formula is C12H13Br2NO. The second kappa shape index (κ2) is 4.22. The monoisotopic (exact) mass is 345 g/mol. The van der Waals surface area contributed by atoms with Gasteiger partial charge in [0, 0.05) is 17.5 Å². The van der Waals surface area contributed by atoms with E-state index < -0.39 is 3.23 Å². The number of nitrogens with zero attached hydrogens (tertiary/aromatic N) is 1. The van der Waals surface area contributed by atoms with Crippen LogP contribution in [-0.2, 0) is 8.03 Å². The second-order valence-electron chi connectivity index (χ2n) is 4.31. The number of Topliss-reactive ketones (excluding diaryl/α,β-unsaturated/α-hetero) is 1. The highest BCUT2D eigenvalue weighted by Gasteiger charge is 2.34. The van der Waals surface area contributed by atoms with Crippen LogP contribution in [0.15, 0.2) is 12.3 Å². The van der Waals surface area contributed by atoms with Crippen LogP contribution in [0.2, 0.25) is 0 Å². The summed E-state index contributed by atoms with van der Waals surface area (Å²) in [6.45, 7) is 3.49. The first-order chi connectivity index (χ1) is 7.43. The molecule has 0 radical (unpaired) electrons. The molecule has 0 spiro atoms. The summed E-state index contributed by atoms with van der Waals surface area (Å²) in [6.07, 6.45) is 4.40. The molecule has 1 heterocycles. The third-order valence-corrected chi connectivity index (χ3v) is 4.91. The van der Waals surface area contributed by atoms with Crippen molar-refractivity contribution in [2.45, 2.75) is 35.8 Å². The van der Waals surface area contributed by atoms with Crippen molar-refractivity contribution in [1.29, 1.82) is 0 Å². The summed E-state index contributed by atoms with van der Waals surface area (Å²) in [4.78, 5) is 16.0. The van der Waals surface area contributed by atoms with Crippen molar-refractivity contribution in [2.75, 3.05) is 0 Å². The van der Waals surface area contributed by atoms with Gasteiger partial charge in [-0.25, -0.2) is 0 Å². The Hall–Kier alpha value is -0.220. The molecule has 1 aromatic heterocycles. The van der Waals surface area contributed by atoms with Crippen molar-refractivity contribution >= 4 is 37.6 Å². The van der Waals surface area contributed by atoms with E-state index in [9.17, 15) is 4.79 Å². The van der Waals surface area contributed by atoms with Gasteiger partial charge in [0.25, 0.3) is 0 Å². The van der Waals surface area contributed by atoms with Crippen molar-refractivity contribution in [2.24, 2.45) is 0 Å². The van der Waals surface area contributed by atoms with E-state index in [0.717, 1.165) is 11.3 Å². The number of carbonyl (C=O) groups excluding carboxylic acids is 1. The average Bonchev–Trinajstić information content (AvgIpc) is 3.01. The maximum Gasteiger partial charge on any atom is 0.164 e. The van der Waals surface area contributed by atoms with Crippen LogP contribution in [0, 0.1) is 6.92 Å². The second-order valence-corrected chi connectivity index (χ2v) is 7.75. The molecule has 0 N–H and O–H groups in total. The van der Waals surface area contributed by atoms with Crippen molar-refractivity contribution < 1.29 is 4.79 Å². The largest absolute Gasteiger partial charge is 0.297 e. The number of ketones is 1. The SMILES string of the molecule is CC(=O)C(Br)(Br)c1cc(C2CC2)cnc1C. The van der Waals surface area contributed by atoms with Crippen LogP contribution in [0.25, 0.3) is 0 Å². The zero-order chi connectivity index (χ0) is 11.9. The number of carbonyl (C=O) groups is 1. The molecule has 16 heavy (non-hydrogen) atoms. The van der Waals surface area contributed by atoms with Crippen LogP contribution >= 0.6 is 31.9 Å². The third-order valence-electron chi connectivity index (χ3n) is 2.94. The number of aromatic nitrogens is 1. The van der Waals surface area contributed by atoms with Gasteiger partial charge in [-0.1, -0.05) is 31.9 Å². The van der Waals surface area contributed by atoms with Crippen molar-refractivity contribution in [1.82, 2.24) is 4.98 Å². The Kier molecular flexibility index (Phi) is 3.23. The Bertz CT molecular complexity index is 439. The fraction of sp³-hybridized carbons (Fsp3) is 0.500. The first kappa shape index (κ1) is 12.2. The van der Waals surface area contributed by atoms with Crippen LogP contribution in [0.5, 0.6) is 0 Å². The van der Waals surface area contributed by atoms with Crippen LogP contribution in [0.1, 0.15) is 42.5 Å². The third kappa shape index (κ3) is 2.23. The summed E-state index contributed by atoms with van der Waals surface area (Å²) in [5.41, 5.74) is 3.04. The Morgan fingerprint density at radius 2 is 2.12 bits per heavy atom. The van der Waals surface area contributed by atoms with Gasteiger partial charge in [0.05, 0.1) is 0 Å². The minimum absolute atomic E-state index is 0.0327. The van der Waals surface area contributed by atoms with Gasteiger partial charge in [0.15, 0.2) is 9.02 Å². The highest BCUT2D eigenvalue weighted by molar-refractivity contribution is 9.25. The predicted octanol–water partition coefficient (Wildman–Crippen LogP) is 3.80. The minimum Gasteiger partial charge on any atom is -0.297 e. The van der Waals surface area contributed by atoms with E-state index in [2.05, 4.69) is 42.9 Å². The summed E-state index contributed by atoms with van der Waals surface area (Å²) < 4.78 is -0.790. The number of pyridine rings is 1. The maximum atomic E-state index is 11.6. The molecule has 4 heteroatoms. The zero-order valence-corrected chi connectivity index (χ0v) is 12.4. The van der Waals surface area contributed by atoms with Gasteiger partial charge in [-0.3, -0.25) is 9.78 Å². The molecule has 0 aliphatic heterocycles. The van der Waals surface area contributed by atoms with Gasteiger partial charge in [-0.2, -0.15) is 0 Å². The first-order valence-corrected chi connectivity index (χ1v) is 6.87. The fourth-order valence-electron chi connectivity index (χ4n) is 1.70. The van der Waals surface area contributed by atoms with Gasteiger partial charge in [0.2, 0.25) is 0 Å². The molecule has 2 rings (SSSR count). The van der Waals surface area contributed by atoms with Gasteiger partial charge >= 0.3 is 0 Å². The standard InChI is InChI=1S/C12H13Br2NO/c1-7-11(12(13,14)8(2)16)5-10(6-15-7)9-3-4-9/h5-6,9H,3-4H2,1-2H3. The predicted molar refractivity (Wildman–Crippen MR) is 71.2 cm³/mol. The van der Waals surface area contributed by atoms with Gasteiger partial charge in [-0.15, -0.1) is 0 Å². The van der Waals surface area contributed by atoms with E-state index in [4.69, 9.17) is 0 Å². The topological polar surface area (TPSA) is 30.0 Å². The molecule has 0 amide bonds. The Labute approximate surface area is 112 Å². The highest BCUT2D eigenvalue weighted by Crippen LogP contribution is 2.44. The number of halogens is 2. The zero-order valence-electron chi connectivity index (χ0n) is 9.26. The molecule has 2 nitrogen and oxygen atoms in total. The van der Waals surface area contributed by atoms with Gasteiger partial charge < -0.3 is 0 Å². The molecule has 1 aromatic rings. The van der Waals surface area contributed by atoms with Gasteiger partial charge in [0.1, 0.15) is 0 Å². The van der Waals surface area contributed by atoms with E-state index in [1.807, 2.05) is 13.1 Å². The molecular weight excluding hydrogens is 334 g/mol. The number of hydrogen-bond donors (Lipinski definition) is 0. The molecule has 0 aromatic carbocycles. The van der Waals surface area contributed by atoms with Crippen LogP contribution < -0.4 is 0 Å². The van der Waals surface area contributed by atoms with E-state index in [-0.39, 0.29) is 5.78 Å². The van der Waals surface area contributed by atoms with Gasteiger partial charge in [-0.05, 0) is 44.2 Å². The molecule has 0 saturated heterocycles. The lowest BCUT2D eigenvalue weighted by Crippen LogP contribution is -2.21. The summed E-state index contributed by atoms with van der Waals surface area (Å²) >= 11 is 6.87. The minimum atomic E-state index is -0.790. The maximum absolute atomic E-state index is 11.6. The average molecular weight is 347 g/mol. The van der Waals surface area contributed by atoms with E-state index in [0.29, 0.717) is 5.92 Å². The Balaban J connectivity index is 2.45. The highest BCUT2D eigenvalue weighted by atomic mass is 79.9. The lowest BCUT2D eigenvalue weighted by Gasteiger charge is -2.20. The number of rotatable bonds is 3. The molecule has 1 aliphatic rings. The fourth-order valence-corrected chi connectivity index (χ4v) is 2.50. The normalized spacial score (nSPS) is 16.2. The lowest BCUT2D eigenvalue weighted by molar-refractivity contribution is -0.117. The summed E-state index contributed by atoms with van der Waals surface area (Å²) in [5, 5.41) is 0. The van der Waals surface area contributed by atoms with Crippen molar-refractivity contribution in [3.05, 3.63) is 29.1 Å². The summed E-state index contributed by atoms with van der Waals surface area (Å²) in [6, 6.07) is 2.09. The molecule has 1 aliphatic carbocycles. The van der Waals surface area contributed by atoms with Crippen LogP contribution in [-0.4, -0.2) is 10.8 Å². The van der Waals surface area contributed by atoms with Crippen LogP contribution in [0.3, 0.4) is 0 Å². The molecule has 0 atom stereocenters. The molecule has 1 saturated carbocycles. The Morgan fingerprint density at radius 1 is 1.50 bits per heavy atom. The smallest absolute Gasteiger partial charge is 0.164 e. The van der Waals surface area contributed by atoms with E-state index >= 15 is 0 Å². The number of aryl methyl sites for hydroxylation is 1. The summed E-state index contributed by atoms with van der Waals surface area (Å²) in [7, 11) is 0. The summed E-state index contributed by atoms with van der Waals surface area (Å²) in [5.74, 6) is 0.681. The molecule has 1 fully saturated rings. The number of hydrogen-bond acceptors (Lipinski definition) is 2. The van der Waals surface area contributed by atoms with Crippen molar-refractivity contribution in [3.63, 3.8) is 0 Å². The quantitative estimate of drug-likeness (QED) is 0.779. The van der Waals surface area contributed by atoms with Crippen LogP contribution in [0.4, 0.5) is 0 Å². The molecule has 0 bridgehead atoms. The lowest BCUT2D eigenvalue weighted by atomic mass is 10.0. The van der Waals surface area contributed by atoms with E-state index in [1.54, 1.807) is 6.92 Å². The number of alkyl halides is 2. The molecule has 0 unspecified atom stereocenters. The van der Waals surface area contributed by atoms with Crippen molar-refractivity contribution in [3.8, 4) is 0 Å². The first-order valence-electron chi connectivity index (χ1n) is 5.29. The Morgan fingerprint density at radius 3 is 2.62 bits per heavy atom. The molecule has 86 valence electrons.